The van der Waals surface area contributed by atoms with E-state index in [0.29, 0.717) is 18.8 Å². The van der Waals surface area contributed by atoms with Crippen LogP contribution in [0.4, 0.5) is 0 Å². The zero-order valence-corrected chi connectivity index (χ0v) is 11.6. The van der Waals surface area contributed by atoms with Crippen LogP contribution < -0.4 is 0 Å². The summed E-state index contributed by atoms with van der Waals surface area (Å²) >= 11 is 0. The van der Waals surface area contributed by atoms with Crippen molar-refractivity contribution < 1.29 is 29.7 Å². The smallest absolute Gasteiger partial charge is 0.307 e. The fourth-order valence-electron chi connectivity index (χ4n) is 5.50. The highest BCUT2D eigenvalue weighted by Gasteiger charge is 2.63. The number of rotatable bonds is 3. The van der Waals surface area contributed by atoms with Crippen molar-refractivity contribution >= 4 is 17.9 Å². The molecule has 0 amide bonds. The van der Waals surface area contributed by atoms with Crippen molar-refractivity contribution in [1.29, 1.82) is 0 Å². The lowest BCUT2D eigenvalue weighted by molar-refractivity contribution is -0.158. The molecule has 3 fully saturated rings. The highest BCUT2D eigenvalue weighted by atomic mass is 16.4. The molecule has 7 unspecified atom stereocenters. The molecule has 6 nitrogen and oxygen atoms in total. The van der Waals surface area contributed by atoms with E-state index < -0.39 is 41.6 Å². The highest BCUT2D eigenvalue weighted by Crippen LogP contribution is 2.61. The van der Waals surface area contributed by atoms with Gasteiger partial charge < -0.3 is 15.3 Å². The van der Waals surface area contributed by atoms with Crippen molar-refractivity contribution in [2.45, 2.75) is 32.1 Å². The Balaban J connectivity index is 2.06. The number of aliphatic carboxylic acids is 3. The van der Waals surface area contributed by atoms with Gasteiger partial charge in [0.2, 0.25) is 0 Å². The van der Waals surface area contributed by atoms with E-state index in [2.05, 4.69) is 0 Å². The second-order valence-corrected chi connectivity index (χ2v) is 6.76. The summed E-state index contributed by atoms with van der Waals surface area (Å²) in [4.78, 5) is 34.8. The Kier molecular flexibility index (Phi) is 3.42. The van der Waals surface area contributed by atoms with Crippen LogP contribution in [-0.2, 0) is 14.4 Å². The molecule has 7 atom stereocenters. The van der Waals surface area contributed by atoms with Crippen molar-refractivity contribution in [3.05, 3.63) is 0 Å². The average Bonchev–Trinajstić information content (AvgIpc) is 2.76. The number of hydrogen-bond donors (Lipinski definition) is 3. The van der Waals surface area contributed by atoms with Crippen molar-refractivity contribution in [2.75, 3.05) is 0 Å². The largest absolute Gasteiger partial charge is 0.481 e. The van der Waals surface area contributed by atoms with E-state index in [-0.39, 0.29) is 11.8 Å². The van der Waals surface area contributed by atoms with Gasteiger partial charge in [-0.3, -0.25) is 14.4 Å². The minimum Gasteiger partial charge on any atom is -0.481 e. The molecule has 3 N–H and O–H groups in total. The van der Waals surface area contributed by atoms with Gasteiger partial charge in [0.1, 0.15) is 0 Å². The third-order valence-corrected chi connectivity index (χ3v) is 6.06. The fourth-order valence-corrected chi connectivity index (χ4v) is 5.50. The summed E-state index contributed by atoms with van der Waals surface area (Å²) in [5.74, 6) is -6.33. The first kappa shape index (κ1) is 14.4. The van der Waals surface area contributed by atoms with Crippen molar-refractivity contribution in [3.63, 3.8) is 0 Å². The Bertz CT molecular complexity index is 487. The molecule has 0 aromatic rings. The van der Waals surface area contributed by atoms with Gasteiger partial charge in [-0.1, -0.05) is 12.8 Å². The van der Waals surface area contributed by atoms with Crippen LogP contribution in [0.5, 0.6) is 0 Å². The summed E-state index contributed by atoms with van der Waals surface area (Å²) in [7, 11) is 0. The van der Waals surface area contributed by atoms with Gasteiger partial charge in [0.05, 0.1) is 17.8 Å². The van der Waals surface area contributed by atoms with Gasteiger partial charge in [0.15, 0.2) is 0 Å². The summed E-state index contributed by atoms with van der Waals surface area (Å²) in [5.41, 5.74) is 0. The van der Waals surface area contributed by atoms with E-state index in [9.17, 15) is 29.7 Å². The molecule has 0 bridgehead atoms. The minimum atomic E-state index is -1.14. The van der Waals surface area contributed by atoms with Gasteiger partial charge in [-0.05, 0) is 42.9 Å². The Morgan fingerprint density at radius 3 is 1.95 bits per heavy atom. The van der Waals surface area contributed by atoms with E-state index in [0.717, 1.165) is 19.3 Å². The van der Waals surface area contributed by atoms with Crippen LogP contribution in [0.1, 0.15) is 32.1 Å². The normalized spacial score (nSPS) is 44.9. The number of carboxylic acids is 3. The second kappa shape index (κ2) is 5.00. The molecule has 3 rings (SSSR count). The first-order valence-corrected chi connectivity index (χ1v) is 7.62. The van der Waals surface area contributed by atoms with Crippen LogP contribution in [0.25, 0.3) is 0 Å². The molecule has 3 aliphatic rings. The highest BCUT2D eigenvalue weighted by molar-refractivity contribution is 5.83. The fraction of sp³-hybridized carbons (Fsp3) is 0.800. The summed E-state index contributed by atoms with van der Waals surface area (Å²) in [6.45, 7) is 0. The zero-order chi connectivity index (χ0) is 15.3. The number of hydrogen-bond acceptors (Lipinski definition) is 3. The van der Waals surface area contributed by atoms with Crippen molar-refractivity contribution in [3.8, 4) is 0 Å². The third-order valence-electron chi connectivity index (χ3n) is 6.06. The van der Waals surface area contributed by atoms with Crippen LogP contribution in [0.2, 0.25) is 0 Å². The van der Waals surface area contributed by atoms with Gasteiger partial charge in [-0.15, -0.1) is 0 Å². The van der Waals surface area contributed by atoms with Crippen LogP contribution in [0.3, 0.4) is 0 Å². The maximum atomic E-state index is 11.7. The molecule has 6 heteroatoms. The van der Waals surface area contributed by atoms with E-state index in [1.165, 1.54) is 0 Å². The molecular weight excluding hydrogens is 276 g/mol. The lowest BCUT2D eigenvalue weighted by atomic mass is 9.60. The molecule has 0 aromatic carbocycles. The monoisotopic (exact) mass is 296 g/mol. The Morgan fingerprint density at radius 2 is 1.38 bits per heavy atom. The maximum Gasteiger partial charge on any atom is 0.307 e. The van der Waals surface area contributed by atoms with Crippen molar-refractivity contribution in [1.82, 2.24) is 0 Å². The molecule has 0 radical (unpaired) electrons. The summed E-state index contributed by atoms with van der Waals surface area (Å²) in [5, 5.41) is 28.5. The molecule has 3 saturated carbocycles. The summed E-state index contributed by atoms with van der Waals surface area (Å²) in [6, 6.07) is 0. The molecule has 3 aliphatic carbocycles. The Labute approximate surface area is 122 Å². The van der Waals surface area contributed by atoms with E-state index in [1.54, 1.807) is 0 Å². The van der Waals surface area contributed by atoms with Gasteiger partial charge >= 0.3 is 17.9 Å². The lowest BCUT2D eigenvalue weighted by Crippen LogP contribution is -2.42. The molecule has 0 saturated heterocycles. The predicted molar refractivity (Wildman–Crippen MR) is 70.4 cm³/mol. The quantitative estimate of drug-likeness (QED) is 0.728. The molecule has 0 aromatic heterocycles. The van der Waals surface area contributed by atoms with E-state index in [1.807, 2.05) is 0 Å². The van der Waals surface area contributed by atoms with Crippen LogP contribution in [0, 0.1) is 41.4 Å². The zero-order valence-electron chi connectivity index (χ0n) is 11.6. The molecule has 0 heterocycles. The molecule has 21 heavy (non-hydrogen) atoms. The number of carboxylic acid groups (broad SMARTS) is 3. The van der Waals surface area contributed by atoms with Crippen LogP contribution >= 0.6 is 0 Å². The molecule has 0 spiro atoms. The lowest BCUT2D eigenvalue weighted by Gasteiger charge is -2.43. The summed E-state index contributed by atoms with van der Waals surface area (Å²) < 4.78 is 0. The Morgan fingerprint density at radius 1 is 0.714 bits per heavy atom. The van der Waals surface area contributed by atoms with Crippen LogP contribution in [0.15, 0.2) is 0 Å². The van der Waals surface area contributed by atoms with Crippen molar-refractivity contribution in [2.24, 2.45) is 41.4 Å². The minimum absolute atomic E-state index is 0.0456. The van der Waals surface area contributed by atoms with E-state index in [4.69, 9.17) is 0 Å². The van der Waals surface area contributed by atoms with Gasteiger partial charge in [-0.25, -0.2) is 0 Å². The van der Waals surface area contributed by atoms with Crippen LogP contribution in [-0.4, -0.2) is 33.2 Å². The molecule has 116 valence electrons. The second-order valence-electron chi connectivity index (χ2n) is 6.76. The van der Waals surface area contributed by atoms with Gasteiger partial charge in [0.25, 0.3) is 0 Å². The average molecular weight is 296 g/mol. The first-order valence-electron chi connectivity index (χ1n) is 7.62. The standard InChI is InChI=1S/C15H20O6/c16-13(17)8-5-4-6-2-1-3-7-9(6)10(8)12(15(20)21)11(7)14(18)19/h6-12H,1-5H2,(H,16,17)(H,18,19)(H,20,21). The third kappa shape index (κ3) is 2.03. The topological polar surface area (TPSA) is 112 Å². The SMILES string of the molecule is O=C(O)C1CCC2CCCC3C(C(=O)O)C(C(=O)O)C1C23. The summed E-state index contributed by atoms with van der Waals surface area (Å²) in [6.07, 6.45) is 3.87. The number of carbonyl (C=O) groups is 3. The molecular formula is C15H20O6. The predicted octanol–water partition coefficient (Wildman–Crippen LogP) is 1.54. The van der Waals surface area contributed by atoms with E-state index >= 15 is 0 Å². The van der Waals surface area contributed by atoms with Gasteiger partial charge in [0, 0.05) is 0 Å². The maximum absolute atomic E-state index is 11.7. The Hall–Kier alpha value is -1.59. The first-order chi connectivity index (χ1) is 9.93. The van der Waals surface area contributed by atoms with Gasteiger partial charge in [-0.2, -0.15) is 0 Å². The molecule has 0 aliphatic heterocycles.